The Hall–Kier alpha value is -1.86. The van der Waals surface area contributed by atoms with E-state index in [-0.39, 0.29) is 4.90 Å². The minimum absolute atomic E-state index is 0.191. The molecule has 0 atom stereocenters. The first-order chi connectivity index (χ1) is 8.12. The standard InChI is InChI=1S/C10H12N4O2S/c11-5-8-1-3-10(4-2-8)17(15,16)14-9-6-12-13-7-9/h1-4,6-7,14H,5,11H2,(H,12,13). The minimum Gasteiger partial charge on any atom is -0.326 e. The van der Waals surface area contributed by atoms with Crippen molar-refractivity contribution in [3.63, 3.8) is 0 Å². The highest BCUT2D eigenvalue weighted by molar-refractivity contribution is 7.92. The van der Waals surface area contributed by atoms with Crippen LogP contribution in [0.2, 0.25) is 0 Å². The summed E-state index contributed by atoms with van der Waals surface area (Å²) in [6.45, 7) is 0.384. The van der Waals surface area contributed by atoms with E-state index >= 15 is 0 Å². The Morgan fingerprint density at radius 3 is 2.53 bits per heavy atom. The maximum atomic E-state index is 11.9. The first-order valence-electron chi connectivity index (χ1n) is 4.92. The van der Waals surface area contributed by atoms with E-state index in [4.69, 9.17) is 5.73 Å². The van der Waals surface area contributed by atoms with Crippen molar-refractivity contribution in [3.8, 4) is 0 Å². The van der Waals surface area contributed by atoms with E-state index in [1.165, 1.54) is 24.5 Å². The molecule has 0 saturated heterocycles. The van der Waals surface area contributed by atoms with Crippen LogP contribution in [0.15, 0.2) is 41.6 Å². The highest BCUT2D eigenvalue weighted by Gasteiger charge is 2.14. The van der Waals surface area contributed by atoms with Gasteiger partial charge in [-0.2, -0.15) is 5.10 Å². The lowest BCUT2D eigenvalue weighted by Crippen LogP contribution is -2.12. The van der Waals surface area contributed by atoms with Gasteiger partial charge in [-0.05, 0) is 17.7 Å². The molecule has 0 bridgehead atoms. The zero-order valence-electron chi connectivity index (χ0n) is 8.92. The second-order valence-corrected chi connectivity index (χ2v) is 5.12. The number of H-pyrrole nitrogens is 1. The van der Waals surface area contributed by atoms with Crippen LogP contribution in [-0.4, -0.2) is 18.6 Å². The van der Waals surface area contributed by atoms with Crippen LogP contribution >= 0.6 is 0 Å². The van der Waals surface area contributed by atoms with Gasteiger partial charge in [-0.15, -0.1) is 0 Å². The Kier molecular flexibility index (Phi) is 3.12. The van der Waals surface area contributed by atoms with Gasteiger partial charge in [-0.1, -0.05) is 12.1 Å². The molecule has 0 amide bonds. The third-order valence-corrected chi connectivity index (χ3v) is 3.62. The monoisotopic (exact) mass is 252 g/mol. The van der Waals surface area contributed by atoms with Crippen molar-refractivity contribution >= 4 is 15.7 Å². The summed E-state index contributed by atoms with van der Waals surface area (Å²) in [4.78, 5) is 0.191. The second-order valence-electron chi connectivity index (χ2n) is 3.44. The van der Waals surface area contributed by atoms with E-state index in [2.05, 4.69) is 14.9 Å². The number of anilines is 1. The minimum atomic E-state index is -3.56. The summed E-state index contributed by atoms with van der Waals surface area (Å²) in [7, 11) is -3.56. The lowest BCUT2D eigenvalue weighted by molar-refractivity contribution is 0.601. The van der Waals surface area contributed by atoms with Gasteiger partial charge in [0.15, 0.2) is 0 Å². The van der Waals surface area contributed by atoms with Gasteiger partial charge in [-0.25, -0.2) is 8.42 Å². The smallest absolute Gasteiger partial charge is 0.261 e. The summed E-state index contributed by atoms with van der Waals surface area (Å²) in [5.41, 5.74) is 6.72. The topological polar surface area (TPSA) is 101 Å². The second kappa shape index (κ2) is 4.56. The third kappa shape index (κ3) is 2.63. The molecular formula is C10H12N4O2S. The molecule has 90 valence electrons. The SMILES string of the molecule is NCc1ccc(S(=O)(=O)Nc2cn[nH]c2)cc1. The van der Waals surface area contributed by atoms with Crippen LogP contribution in [0.4, 0.5) is 5.69 Å². The summed E-state index contributed by atoms with van der Waals surface area (Å²) >= 11 is 0. The van der Waals surface area contributed by atoms with Crippen LogP contribution in [0.1, 0.15) is 5.56 Å². The fourth-order valence-corrected chi connectivity index (χ4v) is 2.36. The van der Waals surface area contributed by atoms with Crippen molar-refractivity contribution in [2.24, 2.45) is 5.73 Å². The van der Waals surface area contributed by atoms with Gasteiger partial charge in [0, 0.05) is 12.7 Å². The van der Waals surface area contributed by atoms with Crippen molar-refractivity contribution in [1.82, 2.24) is 10.2 Å². The molecule has 1 aromatic heterocycles. The van der Waals surface area contributed by atoms with Crippen LogP contribution in [0, 0.1) is 0 Å². The molecule has 17 heavy (non-hydrogen) atoms. The molecule has 0 radical (unpaired) electrons. The van der Waals surface area contributed by atoms with Crippen LogP contribution in [-0.2, 0) is 16.6 Å². The number of nitrogens with two attached hydrogens (primary N) is 1. The third-order valence-electron chi connectivity index (χ3n) is 2.22. The Bertz CT molecular complexity index is 575. The van der Waals surface area contributed by atoms with E-state index < -0.39 is 10.0 Å². The Balaban J connectivity index is 2.25. The molecule has 1 heterocycles. The zero-order chi connectivity index (χ0) is 12.3. The van der Waals surface area contributed by atoms with Gasteiger partial charge in [0.1, 0.15) is 0 Å². The normalized spacial score (nSPS) is 11.4. The number of benzene rings is 1. The number of sulfonamides is 1. The summed E-state index contributed by atoms with van der Waals surface area (Å²) in [5, 5.41) is 6.19. The number of hydrogen-bond acceptors (Lipinski definition) is 4. The van der Waals surface area contributed by atoms with E-state index in [0.717, 1.165) is 5.56 Å². The molecule has 0 aliphatic carbocycles. The lowest BCUT2D eigenvalue weighted by Gasteiger charge is -2.06. The van der Waals surface area contributed by atoms with Crippen molar-refractivity contribution in [3.05, 3.63) is 42.2 Å². The first kappa shape index (κ1) is 11.6. The molecule has 2 aromatic rings. The Morgan fingerprint density at radius 1 is 1.29 bits per heavy atom. The molecule has 7 heteroatoms. The number of aromatic amines is 1. The van der Waals surface area contributed by atoms with Crippen LogP contribution < -0.4 is 10.5 Å². The van der Waals surface area contributed by atoms with E-state index in [1.807, 2.05) is 0 Å². The van der Waals surface area contributed by atoms with Gasteiger partial charge in [0.05, 0.1) is 16.8 Å². The first-order valence-corrected chi connectivity index (χ1v) is 6.41. The highest BCUT2D eigenvalue weighted by atomic mass is 32.2. The maximum Gasteiger partial charge on any atom is 0.261 e. The predicted octanol–water partition coefficient (Wildman–Crippen LogP) is 0.669. The Morgan fingerprint density at radius 2 is 2.00 bits per heavy atom. The molecule has 0 saturated carbocycles. The number of rotatable bonds is 4. The molecule has 0 aliphatic rings. The van der Waals surface area contributed by atoms with E-state index in [1.54, 1.807) is 12.1 Å². The number of nitrogens with one attached hydrogen (secondary N) is 2. The van der Waals surface area contributed by atoms with Crippen molar-refractivity contribution < 1.29 is 8.42 Å². The zero-order valence-corrected chi connectivity index (χ0v) is 9.74. The average Bonchev–Trinajstić information content (AvgIpc) is 2.81. The number of aromatic nitrogens is 2. The van der Waals surface area contributed by atoms with Crippen molar-refractivity contribution in [2.45, 2.75) is 11.4 Å². The highest BCUT2D eigenvalue weighted by Crippen LogP contribution is 2.15. The molecule has 0 unspecified atom stereocenters. The molecule has 1 aromatic carbocycles. The predicted molar refractivity (Wildman–Crippen MR) is 63.7 cm³/mol. The van der Waals surface area contributed by atoms with E-state index in [9.17, 15) is 8.42 Å². The fourth-order valence-electron chi connectivity index (χ4n) is 1.33. The van der Waals surface area contributed by atoms with Gasteiger partial charge in [0.25, 0.3) is 10.0 Å². The molecule has 0 fully saturated rings. The molecule has 0 aliphatic heterocycles. The van der Waals surface area contributed by atoms with Crippen LogP contribution in [0.5, 0.6) is 0 Å². The largest absolute Gasteiger partial charge is 0.326 e. The van der Waals surface area contributed by atoms with Crippen LogP contribution in [0.25, 0.3) is 0 Å². The Labute approximate surface area is 98.9 Å². The van der Waals surface area contributed by atoms with Gasteiger partial charge >= 0.3 is 0 Å². The van der Waals surface area contributed by atoms with Gasteiger partial charge in [-0.3, -0.25) is 9.82 Å². The molecular weight excluding hydrogens is 240 g/mol. The molecule has 4 N–H and O–H groups in total. The quantitative estimate of drug-likeness (QED) is 0.744. The van der Waals surface area contributed by atoms with Gasteiger partial charge in [0.2, 0.25) is 0 Å². The summed E-state index contributed by atoms with van der Waals surface area (Å²) in [6, 6.07) is 6.41. The maximum absolute atomic E-state index is 11.9. The number of hydrogen-bond donors (Lipinski definition) is 3. The van der Waals surface area contributed by atoms with E-state index in [0.29, 0.717) is 12.2 Å². The summed E-state index contributed by atoms with van der Waals surface area (Å²) in [6.07, 6.45) is 2.86. The fraction of sp³-hybridized carbons (Fsp3) is 0.100. The summed E-state index contributed by atoms with van der Waals surface area (Å²) < 4.78 is 26.2. The van der Waals surface area contributed by atoms with Crippen LogP contribution in [0.3, 0.4) is 0 Å². The molecule has 2 rings (SSSR count). The average molecular weight is 252 g/mol. The van der Waals surface area contributed by atoms with Gasteiger partial charge < -0.3 is 5.73 Å². The lowest BCUT2D eigenvalue weighted by atomic mass is 10.2. The molecule has 0 spiro atoms. The number of nitrogens with zero attached hydrogens (tertiary/aromatic N) is 1. The summed E-state index contributed by atoms with van der Waals surface area (Å²) in [5.74, 6) is 0. The van der Waals surface area contributed by atoms with Crippen molar-refractivity contribution in [2.75, 3.05) is 4.72 Å². The van der Waals surface area contributed by atoms with Crippen molar-refractivity contribution in [1.29, 1.82) is 0 Å². The molecule has 6 nitrogen and oxygen atoms in total.